The Balaban J connectivity index is 0.00000436. The zero-order chi connectivity index (χ0) is 38.5. The average Bonchev–Trinajstić information content (AvgIpc) is 3.82. The van der Waals surface area contributed by atoms with Gasteiger partial charge in [0, 0.05) is 17.8 Å². The standard InChI is InChI=1S/C52H42N4Si.Pt/c1-37(2)54-36-55(50-28-15-14-27-49(50)54)40-18-16-23-43(34-40)57(41-19-6-4-7-20-41,42-21-8-5-9-22-42)44-29-30-47-46-25-12-13-26-48(46)56(51(47)35-44)52-33-39(31-32-53-52)45-24-11-10-17-38(45)3;/h4-33,37H,36H2,1-3H3;/q-2;+2. The van der Waals surface area contributed by atoms with E-state index in [4.69, 9.17) is 4.98 Å². The van der Waals surface area contributed by atoms with Gasteiger partial charge in [-0.2, -0.15) is 46.8 Å². The molecule has 0 amide bonds. The van der Waals surface area contributed by atoms with Gasteiger partial charge in [0.2, 0.25) is 0 Å². The second kappa shape index (κ2) is 15.4. The van der Waals surface area contributed by atoms with Gasteiger partial charge in [0.1, 0.15) is 13.9 Å². The molecule has 0 bridgehead atoms. The van der Waals surface area contributed by atoms with Crippen LogP contribution in [0.2, 0.25) is 0 Å². The van der Waals surface area contributed by atoms with Crippen LogP contribution in [0, 0.1) is 19.1 Å². The summed E-state index contributed by atoms with van der Waals surface area (Å²) in [6, 6.07) is 72.5. The van der Waals surface area contributed by atoms with Crippen molar-refractivity contribution < 1.29 is 21.1 Å². The molecule has 0 atom stereocenters. The second-order valence-corrected chi connectivity index (χ2v) is 19.0. The Labute approximate surface area is 356 Å². The number of benzene rings is 7. The molecule has 0 fully saturated rings. The molecule has 4 nitrogen and oxygen atoms in total. The van der Waals surface area contributed by atoms with Crippen LogP contribution in [0.5, 0.6) is 0 Å². The van der Waals surface area contributed by atoms with E-state index >= 15 is 0 Å². The largest absolute Gasteiger partial charge is 2.00 e. The van der Waals surface area contributed by atoms with Gasteiger partial charge in [0.15, 0.2) is 0 Å². The third kappa shape index (κ3) is 6.12. The summed E-state index contributed by atoms with van der Waals surface area (Å²) in [7, 11) is -3.06. The van der Waals surface area contributed by atoms with E-state index in [1.807, 2.05) is 6.20 Å². The molecule has 0 spiro atoms. The average molecular weight is 946 g/mol. The van der Waals surface area contributed by atoms with Crippen LogP contribution in [0.4, 0.5) is 17.1 Å². The minimum atomic E-state index is -3.06. The van der Waals surface area contributed by atoms with Crippen molar-refractivity contribution >= 4 is 67.7 Å². The smallest absolute Gasteiger partial charge is 0.349 e. The summed E-state index contributed by atoms with van der Waals surface area (Å²) in [4.78, 5) is 9.93. The molecule has 2 aromatic heterocycles. The molecule has 7 aromatic carbocycles. The fraction of sp³-hybridized carbons (Fsp3) is 0.0962. The van der Waals surface area contributed by atoms with Crippen LogP contribution in [-0.4, -0.2) is 30.3 Å². The molecule has 0 N–H and O–H groups in total. The number of hydrogen-bond donors (Lipinski definition) is 0. The molecule has 1 aliphatic rings. The molecule has 1 aliphatic heterocycles. The number of aryl methyl sites for hydroxylation is 1. The molecule has 58 heavy (non-hydrogen) atoms. The van der Waals surface area contributed by atoms with E-state index in [9.17, 15) is 0 Å². The van der Waals surface area contributed by atoms with Crippen LogP contribution in [0.1, 0.15) is 19.4 Å². The van der Waals surface area contributed by atoms with Crippen molar-refractivity contribution in [3.05, 3.63) is 200 Å². The van der Waals surface area contributed by atoms with Gasteiger partial charge in [-0.25, -0.2) is 4.98 Å². The fourth-order valence-electron chi connectivity index (χ4n) is 8.98. The summed E-state index contributed by atoms with van der Waals surface area (Å²) in [6.07, 6.45) is 1.94. The van der Waals surface area contributed by atoms with Crippen LogP contribution in [0.25, 0.3) is 38.8 Å². The summed E-state index contributed by atoms with van der Waals surface area (Å²) < 4.78 is 2.31. The SMILES string of the molecule is Cc1ccccc1-c1ccnc(-n2c3[c-]c([Si](c4[c-]c(N5CN(C(C)C)c6ccccc65)ccc4)(c4ccccc4)c4ccccc4)ccc3c3ccccc32)c1.[Pt+2]. The van der Waals surface area contributed by atoms with Crippen molar-refractivity contribution in [2.45, 2.75) is 26.8 Å². The quantitative estimate of drug-likeness (QED) is 0.0863. The maximum atomic E-state index is 5.03. The zero-order valence-electron chi connectivity index (χ0n) is 32.7. The summed E-state index contributed by atoms with van der Waals surface area (Å²) in [5, 5.41) is 7.27. The van der Waals surface area contributed by atoms with Crippen LogP contribution < -0.4 is 30.5 Å². The van der Waals surface area contributed by atoms with Gasteiger partial charge < -0.3 is 14.4 Å². The molecule has 284 valence electrons. The van der Waals surface area contributed by atoms with Crippen molar-refractivity contribution in [2.75, 3.05) is 16.5 Å². The monoisotopic (exact) mass is 945 g/mol. The molecule has 0 radical (unpaired) electrons. The number of para-hydroxylation sites is 3. The van der Waals surface area contributed by atoms with Gasteiger partial charge in [-0.05, 0) is 83.6 Å². The topological polar surface area (TPSA) is 24.3 Å². The van der Waals surface area contributed by atoms with E-state index in [-0.39, 0.29) is 21.1 Å². The Morgan fingerprint density at radius 3 is 2.00 bits per heavy atom. The first kappa shape index (κ1) is 37.6. The molecule has 9 aromatic rings. The number of anilines is 3. The molecular weight excluding hydrogens is 904 g/mol. The molecular formula is C52H42N4PtSi. The van der Waals surface area contributed by atoms with Gasteiger partial charge in [0.25, 0.3) is 0 Å². The first-order chi connectivity index (χ1) is 28.0. The van der Waals surface area contributed by atoms with Crippen LogP contribution in [0.15, 0.2) is 182 Å². The van der Waals surface area contributed by atoms with Gasteiger partial charge in [-0.1, -0.05) is 126 Å². The number of rotatable bonds is 8. The molecule has 3 heterocycles. The molecule has 0 saturated heterocycles. The molecule has 6 heteroatoms. The summed E-state index contributed by atoms with van der Waals surface area (Å²) in [6.45, 7) is 7.48. The van der Waals surface area contributed by atoms with E-state index < -0.39 is 8.07 Å². The van der Waals surface area contributed by atoms with Crippen molar-refractivity contribution in [1.82, 2.24) is 9.55 Å². The van der Waals surface area contributed by atoms with Gasteiger partial charge in [0.05, 0.1) is 18.0 Å². The molecule has 0 saturated carbocycles. The van der Waals surface area contributed by atoms with Crippen molar-refractivity contribution in [1.29, 1.82) is 0 Å². The second-order valence-electron chi connectivity index (χ2n) is 15.3. The van der Waals surface area contributed by atoms with E-state index in [1.165, 1.54) is 48.6 Å². The number of pyridine rings is 1. The third-order valence-electron chi connectivity index (χ3n) is 11.7. The predicted molar refractivity (Wildman–Crippen MR) is 241 cm³/mol. The van der Waals surface area contributed by atoms with E-state index in [0.717, 1.165) is 40.2 Å². The van der Waals surface area contributed by atoms with Gasteiger partial charge >= 0.3 is 21.1 Å². The Kier molecular flexibility index (Phi) is 9.97. The van der Waals surface area contributed by atoms with E-state index in [0.29, 0.717) is 6.04 Å². The number of hydrogen-bond acceptors (Lipinski definition) is 3. The normalized spacial score (nSPS) is 12.6. The van der Waals surface area contributed by atoms with E-state index in [2.05, 4.69) is 223 Å². The minimum absolute atomic E-state index is 0. The molecule has 10 rings (SSSR count). The van der Waals surface area contributed by atoms with Crippen LogP contribution in [-0.2, 0) is 21.1 Å². The Morgan fingerprint density at radius 2 is 1.26 bits per heavy atom. The van der Waals surface area contributed by atoms with Crippen molar-refractivity contribution in [3.8, 4) is 16.9 Å². The zero-order valence-corrected chi connectivity index (χ0v) is 36.0. The van der Waals surface area contributed by atoms with Crippen LogP contribution in [0.3, 0.4) is 0 Å². The first-order valence-corrected chi connectivity index (χ1v) is 21.8. The summed E-state index contributed by atoms with van der Waals surface area (Å²) >= 11 is 0. The van der Waals surface area contributed by atoms with E-state index in [1.54, 1.807) is 0 Å². The van der Waals surface area contributed by atoms with Crippen molar-refractivity contribution in [2.24, 2.45) is 0 Å². The maximum Gasteiger partial charge on any atom is 2.00 e. The Bertz CT molecular complexity index is 2870. The Morgan fingerprint density at radius 1 is 0.603 bits per heavy atom. The number of nitrogens with zero attached hydrogens (tertiary/aromatic N) is 4. The molecule has 0 aliphatic carbocycles. The summed E-state index contributed by atoms with van der Waals surface area (Å²) in [5.74, 6) is 0.873. The maximum absolute atomic E-state index is 5.03. The minimum Gasteiger partial charge on any atom is -0.349 e. The Hall–Kier alpha value is -6.00. The third-order valence-corrected chi connectivity index (χ3v) is 16.3. The fourth-order valence-corrected chi connectivity index (χ4v) is 13.5. The van der Waals surface area contributed by atoms with Crippen LogP contribution >= 0.6 is 0 Å². The van der Waals surface area contributed by atoms with Gasteiger partial charge in [-0.3, -0.25) is 0 Å². The summed E-state index contributed by atoms with van der Waals surface area (Å²) in [5.41, 5.74) is 9.25. The number of aromatic nitrogens is 2. The first-order valence-electron chi connectivity index (χ1n) is 19.8. The predicted octanol–water partition coefficient (Wildman–Crippen LogP) is 9.45. The number of fused-ring (bicyclic) bond motifs is 4. The van der Waals surface area contributed by atoms with Crippen molar-refractivity contribution in [3.63, 3.8) is 0 Å². The van der Waals surface area contributed by atoms with Gasteiger partial charge in [-0.15, -0.1) is 11.5 Å². The molecule has 0 unspecified atom stereocenters.